The molecule has 0 spiro atoms. The van der Waals surface area contributed by atoms with E-state index in [1.54, 1.807) is 22.6 Å². The zero-order valence-electron chi connectivity index (χ0n) is 9.60. The first-order chi connectivity index (χ1) is 8.58. The van der Waals surface area contributed by atoms with Crippen LogP contribution in [0.2, 0.25) is 0 Å². The molecule has 1 amide bonds. The predicted octanol–water partition coefficient (Wildman–Crippen LogP) is 2.05. The zero-order valence-corrected chi connectivity index (χ0v) is 11.8. The predicted molar refractivity (Wildman–Crippen MR) is 72.4 cm³/mol. The van der Waals surface area contributed by atoms with Gasteiger partial charge in [-0.1, -0.05) is 0 Å². The largest absolute Gasteiger partial charge is 0.348 e. The van der Waals surface area contributed by atoms with Crippen LogP contribution in [-0.4, -0.2) is 25.0 Å². The molecule has 1 atom stereocenters. The molecule has 0 bridgehead atoms. The summed E-state index contributed by atoms with van der Waals surface area (Å²) in [6.07, 6.45) is 1.85. The van der Waals surface area contributed by atoms with Gasteiger partial charge in [-0.25, -0.2) is 8.78 Å². The summed E-state index contributed by atoms with van der Waals surface area (Å²) in [5.74, 6) is -1.96. The van der Waals surface area contributed by atoms with Gasteiger partial charge in [-0.15, -0.1) is 0 Å². The van der Waals surface area contributed by atoms with Gasteiger partial charge in [-0.05, 0) is 48.0 Å². The van der Waals surface area contributed by atoms with Crippen LogP contribution in [0.25, 0.3) is 0 Å². The van der Waals surface area contributed by atoms with Crippen molar-refractivity contribution in [3.63, 3.8) is 0 Å². The molecule has 0 saturated carbocycles. The second kappa shape index (κ2) is 5.92. The first-order valence-corrected chi connectivity index (χ1v) is 6.82. The van der Waals surface area contributed by atoms with Crippen molar-refractivity contribution in [1.29, 1.82) is 0 Å². The minimum Gasteiger partial charge on any atom is -0.348 e. The van der Waals surface area contributed by atoms with Crippen molar-refractivity contribution in [2.45, 2.75) is 18.9 Å². The number of rotatable bonds is 2. The average molecular weight is 366 g/mol. The third-order valence-electron chi connectivity index (χ3n) is 2.89. The van der Waals surface area contributed by atoms with Gasteiger partial charge in [-0.2, -0.15) is 0 Å². The van der Waals surface area contributed by atoms with Gasteiger partial charge < -0.3 is 10.6 Å². The van der Waals surface area contributed by atoms with E-state index >= 15 is 0 Å². The van der Waals surface area contributed by atoms with Gasteiger partial charge in [0.2, 0.25) is 0 Å². The SMILES string of the molecule is O=C(NC1CCCNC1)c1cc(I)c(F)cc1F. The van der Waals surface area contributed by atoms with E-state index in [2.05, 4.69) is 10.6 Å². The molecule has 98 valence electrons. The van der Waals surface area contributed by atoms with Gasteiger partial charge in [0, 0.05) is 22.2 Å². The molecule has 0 aromatic heterocycles. The standard InChI is InChI=1S/C12H13F2IN2O/c13-9-5-10(14)11(15)4-8(9)12(18)17-7-2-1-3-16-6-7/h4-5,7,16H,1-3,6H2,(H,17,18). The van der Waals surface area contributed by atoms with Crippen molar-refractivity contribution in [2.24, 2.45) is 0 Å². The Balaban J connectivity index is 2.10. The van der Waals surface area contributed by atoms with Gasteiger partial charge in [0.25, 0.3) is 5.91 Å². The summed E-state index contributed by atoms with van der Waals surface area (Å²) in [6.45, 7) is 1.63. The first-order valence-electron chi connectivity index (χ1n) is 5.74. The lowest BCUT2D eigenvalue weighted by Gasteiger charge is -2.23. The molecule has 1 aliphatic rings. The highest BCUT2D eigenvalue weighted by atomic mass is 127. The van der Waals surface area contributed by atoms with Crippen molar-refractivity contribution in [3.05, 3.63) is 32.9 Å². The number of hydrogen-bond donors (Lipinski definition) is 2. The van der Waals surface area contributed by atoms with Gasteiger partial charge in [0.15, 0.2) is 0 Å². The third-order valence-corrected chi connectivity index (χ3v) is 3.71. The molecule has 6 heteroatoms. The second-order valence-corrected chi connectivity index (χ2v) is 5.43. The van der Waals surface area contributed by atoms with E-state index in [1.807, 2.05) is 0 Å². The molecule has 2 rings (SSSR count). The molecule has 1 aromatic carbocycles. The number of hydrogen-bond acceptors (Lipinski definition) is 2. The summed E-state index contributed by atoms with van der Waals surface area (Å²) in [7, 11) is 0. The number of amides is 1. The highest BCUT2D eigenvalue weighted by Crippen LogP contribution is 2.17. The Bertz CT molecular complexity index is 462. The number of carbonyl (C=O) groups excluding carboxylic acids is 1. The number of carbonyl (C=O) groups is 1. The molecular weight excluding hydrogens is 353 g/mol. The molecule has 1 fully saturated rings. The fourth-order valence-corrected chi connectivity index (χ4v) is 2.40. The normalized spacial score (nSPS) is 19.6. The molecule has 1 saturated heterocycles. The Morgan fingerprint density at radius 1 is 1.39 bits per heavy atom. The minimum absolute atomic E-state index is 0.00774. The first kappa shape index (κ1) is 13.7. The Morgan fingerprint density at radius 2 is 2.17 bits per heavy atom. The van der Waals surface area contributed by atoms with Crippen LogP contribution < -0.4 is 10.6 Å². The molecule has 2 N–H and O–H groups in total. The smallest absolute Gasteiger partial charge is 0.254 e. The highest BCUT2D eigenvalue weighted by molar-refractivity contribution is 14.1. The topological polar surface area (TPSA) is 41.1 Å². The number of benzene rings is 1. The van der Waals surface area contributed by atoms with E-state index in [4.69, 9.17) is 0 Å². The minimum atomic E-state index is -0.825. The Morgan fingerprint density at radius 3 is 2.83 bits per heavy atom. The summed E-state index contributed by atoms with van der Waals surface area (Å²) in [6, 6.07) is 1.99. The van der Waals surface area contributed by atoms with Crippen LogP contribution in [0, 0.1) is 15.2 Å². The maximum atomic E-state index is 13.5. The van der Waals surface area contributed by atoms with E-state index in [9.17, 15) is 13.6 Å². The van der Waals surface area contributed by atoms with Crippen molar-refractivity contribution in [2.75, 3.05) is 13.1 Å². The van der Waals surface area contributed by atoms with Crippen LogP contribution in [0.5, 0.6) is 0 Å². The van der Waals surface area contributed by atoms with E-state index in [0.717, 1.165) is 25.5 Å². The number of nitrogens with one attached hydrogen (secondary N) is 2. The molecule has 1 aliphatic heterocycles. The van der Waals surface area contributed by atoms with Crippen LogP contribution in [0.3, 0.4) is 0 Å². The van der Waals surface area contributed by atoms with Crippen LogP contribution in [0.1, 0.15) is 23.2 Å². The molecule has 1 heterocycles. The number of halogens is 3. The van der Waals surface area contributed by atoms with Crippen molar-refractivity contribution in [3.8, 4) is 0 Å². The summed E-state index contributed by atoms with van der Waals surface area (Å²) in [5, 5.41) is 5.91. The summed E-state index contributed by atoms with van der Waals surface area (Å²) >= 11 is 1.74. The van der Waals surface area contributed by atoms with Crippen molar-refractivity contribution in [1.82, 2.24) is 10.6 Å². The van der Waals surface area contributed by atoms with Gasteiger partial charge in [0.1, 0.15) is 11.6 Å². The van der Waals surface area contributed by atoms with Crippen molar-refractivity contribution < 1.29 is 13.6 Å². The average Bonchev–Trinajstić information content (AvgIpc) is 2.35. The van der Waals surface area contributed by atoms with Crippen LogP contribution in [0.15, 0.2) is 12.1 Å². The lowest BCUT2D eigenvalue weighted by Crippen LogP contribution is -2.45. The molecular formula is C12H13F2IN2O. The van der Waals surface area contributed by atoms with Crippen molar-refractivity contribution >= 4 is 28.5 Å². The second-order valence-electron chi connectivity index (χ2n) is 4.26. The summed E-state index contributed by atoms with van der Waals surface area (Å²) in [4.78, 5) is 11.9. The Hall–Kier alpha value is -0.760. The fraction of sp³-hybridized carbons (Fsp3) is 0.417. The molecule has 1 unspecified atom stereocenters. The fourth-order valence-electron chi connectivity index (χ4n) is 1.93. The number of piperidine rings is 1. The summed E-state index contributed by atoms with van der Waals surface area (Å²) < 4.78 is 26.8. The maximum Gasteiger partial charge on any atom is 0.254 e. The molecule has 0 radical (unpaired) electrons. The van der Waals surface area contributed by atoms with Gasteiger partial charge >= 0.3 is 0 Å². The van der Waals surface area contributed by atoms with Crippen LogP contribution in [-0.2, 0) is 0 Å². The lowest BCUT2D eigenvalue weighted by molar-refractivity contribution is 0.0926. The Labute approximate surface area is 117 Å². The highest BCUT2D eigenvalue weighted by Gasteiger charge is 2.19. The Kier molecular flexibility index (Phi) is 4.50. The quantitative estimate of drug-likeness (QED) is 0.622. The van der Waals surface area contributed by atoms with Gasteiger partial charge in [0.05, 0.1) is 5.56 Å². The van der Waals surface area contributed by atoms with E-state index in [-0.39, 0.29) is 15.2 Å². The lowest BCUT2D eigenvalue weighted by atomic mass is 10.1. The van der Waals surface area contributed by atoms with E-state index in [1.165, 1.54) is 6.07 Å². The van der Waals surface area contributed by atoms with E-state index < -0.39 is 17.5 Å². The molecule has 18 heavy (non-hydrogen) atoms. The maximum absolute atomic E-state index is 13.5. The molecule has 3 nitrogen and oxygen atoms in total. The van der Waals surface area contributed by atoms with Crippen LogP contribution >= 0.6 is 22.6 Å². The van der Waals surface area contributed by atoms with Gasteiger partial charge in [-0.3, -0.25) is 4.79 Å². The third kappa shape index (κ3) is 3.17. The molecule has 1 aromatic rings. The zero-order chi connectivity index (χ0) is 13.1. The van der Waals surface area contributed by atoms with Crippen LogP contribution in [0.4, 0.5) is 8.78 Å². The summed E-state index contributed by atoms with van der Waals surface area (Å²) in [5.41, 5.74) is -0.105. The molecule has 0 aliphatic carbocycles. The monoisotopic (exact) mass is 366 g/mol. The van der Waals surface area contributed by atoms with E-state index in [0.29, 0.717) is 6.54 Å².